The SMILES string of the molecule is CCCNC(=O)COc1ccc(N)cc1C#N. The van der Waals surface area contributed by atoms with Gasteiger partial charge in [-0.1, -0.05) is 6.92 Å². The molecule has 0 bridgehead atoms. The molecule has 1 rings (SSSR count). The molecule has 0 radical (unpaired) electrons. The Bertz CT molecular complexity index is 438. The highest BCUT2D eigenvalue weighted by Gasteiger charge is 2.06. The number of carbonyl (C=O) groups excluding carboxylic acids is 1. The minimum atomic E-state index is -0.201. The van der Waals surface area contributed by atoms with Crippen LogP contribution >= 0.6 is 0 Å². The van der Waals surface area contributed by atoms with Crippen molar-refractivity contribution in [1.82, 2.24) is 5.32 Å². The van der Waals surface area contributed by atoms with E-state index in [0.29, 0.717) is 23.5 Å². The van der Waals surface area contributed by atoms with Gasteiger partial charge in [0.2, 0.25) is 0 Å². The van der Waals surface area contributed by atoms with Crippen LogP contribution in [0.25, 0.3) is 0 Å². The lowest BCUT2D eigenvalue weighted by Crippen LogP contribution is -2.29. The number of anilines is 1. The molecular weight excluding hydrogens is 218 g/mol. The molecule has 0 aliphatic rings. The molecule has 1 aromatic carbocycles. The van der Waals surface area contributed by atoms with Crippen LogP contribution in [-0.2, 0) is 4.79 Å². The Morgan fingerprint density at radius 3 is 3.00 bits per heavy atom. The molecule has 5 nitrogen and oxygen atoms in total. The van der Waals surface area contributed by atoms with Gasteiger partial charge in [0.05, 0.1) is 5.56 Å². The smallest absolute Gasteiger partial charge is 0.257 e. The Morgan fingerprint density at radius 2 is 2.35 bits per heavy atom. The van der Waals surface area contributed by atoms with Gasteiger partial charge in [-0.05, 0) is 24.6 Å². The predicted molar refractivity (Wildman–Crippen MR) is 64.4 cm³/mol. The van der Waals surface area contributed by atoms with Crippen molar-refractivity contribution in [3.05, 3.63) is 23.8 Å². The van der Waals surface area contributed by atoms with E-state index >= 15 is 0 Å². The minimum absolute atomic E-state index is 0.0986. The Kier molecular flexibility index (Phi) is 4.82. The zero-order valence-corrected chi connectivity index (χ0v) is 9.69. The summed E-state index contributed by atoms with van der Waals surface area (Å²) in [6.45, 7) is 2.49. The van der Waals surface area contributed by atoms with Gasteiger partial charge in [0.1, 0.15) is 11.8 Å². The molecule has 1 amide bonds. The van der Waals surface area contributed by atoms with Crippen LogP contribution in [0, 0.1) is 11.3 Å². The summed E-state index contributed by atoms with van der Waals surface area (Å²) in [6, 6.07) is 6.69. The van der Waals surface area contributed by atoms with E-state index < -0.39 is 0 Å². The van der Waals surface area contributed by atoms with Crippen molar-refractivity contribution in [2.45, 2.75) is 13.3 Å². The Morgan fingerprint density at radius 1 is 1.59 bits per heavy atom. The first kappa shape index (κ1) is 12.8. The zero-order chi connectivity index (χ0) is 12.7. The van der Waals surface area contributed by atoms with Crippen LogP contribution in [0.2, 0.25) is 0 Å². The summed E-state index contributed by atoms with van der Waals surface area (Å²) >= 11 is 0. The summed E-state index contributed by atoms with van der Waals surface area (Å²) in [5.74, 6) is 0.168. The maximum atomic E-state index is 11.3. The average Bonchev–Trinajstić information content (AvgIpc) is 2.34. The summed E-state index contributed by atoms with van der Waals surface area (Å²) in [5.41, 5.74) is 6.36. The molecule has 5 heteroatoms. The van der Waals surface area contributed by atoms with Crippen LogP contribution in [0.1, 0.15) is 18.9 Å². The van der Waals surface area contributed by atoms with E-state index in [1.807, 2.05) is 13.0 Å². The Balaban J connectivity index is 2.58. The molecule has 0 saturated carbocycles. The summed E-state index contributed by atoms with van der Waals surface area (Å²) in [6.07, 6.45) is 0.872. The van der Waals surface area contributed by atoms with Crippen molar-refractivity contribution < 1.29 is 9.53 Å². The number of nitrogen functional groups attached to an aromatic ring is 1. The summed E-state index contributed by atoms with van der Waals surface area (Å²) in [5, 5.41) is 11.5. The number of rotatable bonds is 5. The highest BCUT2D eigenvalue weighted by molar-refractivity contribution is 5.77. The fraction of sp³-hybridized carbons (Fsp3) is 0.333. The fourth-order valence-corrected chi connectivity index (χ4v) is 1.22. The molecule has 0 heterocycles. The molecule has 0 aromatic heterocycles. The minimum Gasteiger partial charge on any atom is -0.482 e. The van der Waals surface area contributed by atoms with E-state index in [0.717, 1.165) is 6.42 Å². The molecular formula is C12H15N3O2. The van der Waals surface area contributed by atoms with Gasteiger partial charge in [0.25, 0.3) is 5.91 Å². The largest absolute Gasteiger partial charge is 0.482 e. The van der Waals surface area contributed by atoms with E-state index in [4.69, 9.17) is 15.7 Å². The highest BCUT2D eigenvalue weighted by Crippen LogP contribution is 2.20. The number of nitriles is 1. The molecule has 0 aliphatic carbocycles. The number of ether oxygens (including phenoxy) is 1. The standard InChI is InChI=1S/C12H15N3O2/c1-2-5-15-12(16)8-17-11-4-3-10(14)6-9(11)7-13/h3-4,6H,2,5,8,14H2,1H3,(H,15,16). The third-order valence-corrected chi connectivity index (χ3v) is 2.06. The average molecular weight is 233 g/mol. The normalized spacial score (nSPS) is 9.41. The molecule has 0 saturated heterocycles. The van der Waals surface area contributed by atoms with Crippen LogP contribution in [0.4, 0.5) is 5.69 Å². The van der Waals surface area contributed by atoms with Gasteiger partial charge in [-0.3, -0.25) is 4.79 Å². The number of nitrogens with two attached hydrogens (primary N) is 1. The number of hydrogen-bond acceptors (Lipinski definition) is 4. The molecule has 1 aromatic rings. The van der Waals surface area contributed by atoms with Gasteiger partial charge in [-0.2, -0.15) is 5.26 Å². The van der Waals surface area contributed by atoms with Gasteiger partial charge >= 0.3 is 0 Å². The second-order valence-electron chi connectivity index (χ2n) is 3.51. The van der Waals surface area contributed by atoms with Crippen LogP contribution in [0.5, 0.6) is 5.75 Å². The van der Waals surface area contributed by atoms with Crippen LogP contribution in [0.15, 0.2) is 18.2 Å². The first-order valence-corrected chi connectivity index (χ1v) is 5.36. The van der Waals surface area contributed by atoms with E-state index in [-0.39, 0.29) is 12.5 Å². The van der Waals surface area contributed by atoms with Crippen molar-refractivity contribution in [2.75, 3.05) is 18.9 Å². The monoisotopic (exact) mass is 233 g/mol. The molecule has 0 atom stereocenters. The van der Waals surface area contributed by atoms with Crippen molar-refractivity contribution in [2.24, 2.45) is 0 Å². The quantitative estimate of drug-likeness (QED) is 0.744. The second kappa shape index (κ2) is 6.38. The Labute approximate surface area is 100 Å². The van der Waals surface area contributed by atoms with Gasteiger partial charge in [-0.15, -0.1) is 0 Å². The van der Waals surface area contributed by atoms with Crippen molar-refractivity contribution in [1.29, 1.82) is 5.26 Å². The zero-order valence-electron chi connectivity index (χ0n) is 9.69. The first-order valence-electron chi connectivity index (χ1n) is 5.36. The summed E-state index contributed by atoms with van der Waals surface area (Å²) in [7, 11) is 0. The van der Waals surface area contributed by atoms with Gasteiger partial charge in [0.15, 0.2) is 6.61 Å². The Hall–Kier alpha value is -2.22. The summed E-state index contributed by atoms with van der Waals surface area (Å²) < 4.78 is 5.25. The van der Waals surface area contributed by atoms with Gasteiger partial charge in [-0.25, -0.2) is 0 Å². The van der Waals surface area contributed by atoms with E-state index in [9.17, 15) is 4.79 Å². The number of nitrogens with zero attached hydrogens (tertiary/aromatic N) is 1. The third-order valence-electron chi connectivity index (χ3n) is 2.06. The number of carbonyl (C=O) groups is 1. The lowest BCUT2D eigenvalue weighted by Gasteiger charge is -2.08. The van der Waals surface area contributed by atoms with E-state index in [2.05, 4.69) is 5.32 Å². The first-order chi connectivity index (χ1) is 8.17. The number of hydrogen-bond donors (Lipinski definition) is 2. The summed E-state index contributed by atoms with van der Waals surface area (Å²) in [4.78, 5) is 11.3. The molecule has 0 fully saturated rings. The number of amides is 1. The fourth-order valence-electron chi connectivity index (χ4n) is 1.22. The second-order valence-corrected chi connectivity index (χ2v) is 3.51. The van der Waals surface area contributed by atoms with E-state index in [1.165, 1.54) is 6.07 Å². The molecule has 3 N–H and O–H groups in total. The third kappa shape index (κ3) is 4.03. The van der Waals surface area contributed by atoms with Crippen molar-refractivity contribution >= 4 is 11.6 Å². The van der Waals surface area contributed by atoms with Crippen LogP contribution in [-0.4, -0.2) is 19.1 Å². The molecule has 17 heavy (non-hydrogen) atoms. The van der Waals surface area contributed by atoms with Crippen LogP contribution in [0.3, 0.4) is 0 Å². The molecule has 0 aliphatic heterocycles. The van der Waals surface area contributed by atoms with Crippen LogP contribution < -0.4 is 15.8 Å². The highest BCUT2D eigenvalue weighted by atomic mass is 16.5. The maximum absolute atomic E-state index is 11.3. The predicted octanol–water partition coefficient (Wildman–Crippen LogP) is 1.05. The van der Waals surface area contributed by atoms with Crippen molar-refractivity contribution in [3.8, 4) is 11.8 Å². The molecule has 90 valence electrons. The lowest BCUT2D eigenvalue weighted by molar-refractivity contribution is -0.123. The van der Waals surface area contributed by atoms with E-state index in [1.54, 1.807) is 12.1 Å². The lowest BCUT2D eigenvalue weighted by atomic mass is 10.2. The van der Waals surface area contributed by atoms with Gasteiger partial charge in [0, 0.05) is 12.2 Å². The maximum Gasteiger partial charge on any atom is 0.257 e. The number of benzene rings is 1. The molecule has 0 unspecified atom stereocenters. The van der Waals surface area contributed by atoms with Gasteiger partial charge < -0.3 is 15.8 Å². The molecule has 0 spiro atoms. The number of nitrogens with one attached hydrogen (secondary N) is 1. The van der Waals surface area contributed by atoms with Crippen molar-refractivity contribution in [3.63, 3.8) is 0 Å². The topological polar surface area (TPSA) is 88.1 Å².